The molecule has 0 N–H and O–H groups in total. The minimum atomic E-state index is 0.288. The monoisotopic (exact) mass is 201 g/mol. The lowest BCUT2D eigenvalue weighted by Gasteiger charge is -2.15. The van der Waals surface area contributed by atoms with E-state index >= 15 is 0 Å². The molecule has 2 rings (SSSR count). The highest BCUT2D eigenvalue weighted by Crippen LogP contribution is 2.40. The van der Waals surface area contributed by atoms with Crippen LogP contribution in [0.2, 0.25) is 0 Å². The number of nitrogens with zero attached hydrogens (tertiary/aromatic N) is 1. The molecule has 3 heteroatoms. The molecule has 0 bridgehead atoms. The number of alkyl halides is 1. The van der Waals surface area contributed by atoms with Gasteiger partial charge in [-0.2, -0.15) is 0 Å². The first-order chi connectivity index (χ1) is 5.63. The Hall–Kier alpha value is -0.0800. The lowest BCUT2D eigenvalue weighted by atomic mass is 9.91. The van der Waals surface area contributed by atoms with Crippen LogP contribution in [0.1, 0.15) is 35.8 Å². The summed E-state index contributed by atoms with van der Waals surface area (Å²) in [5.41, 5.74) is 1.58. The molecular formula is C9H12ClNS. The SMILES string of the molecule is CC1(C)CCc2sc(CCl)nc21. The molecular weight excluding hydrogens is 190 g/mol. The van der Waals surface area contributed by atoms with E-state index in [9.17, 15) is 0 Å². The van der Waals surface area contributed by atoms with E-state index < -0.39 is 0 Å². The van der Waals surface area contributed by atoms with Crippen molar-refractivity contribution in [1.29, 1.82) is 0 Å². The van der Waals surface area contributed by atoms with Gasteiger partial charge in [-0.3, -0.25) is 0 Å². The summed E-state index contributed by atoms with van der Waals surface area (Å²) in [6.07, 6.45) is 2.43. The molecule has 0 unspecified atom stereocenters. The number of hydrogen-bond acceptors (Lipinski definition) is 2. The molecule has 0 saturated carbocycles. The number of aryl methyl sites for hydroxylation is 1. The summed E-state index contributed by atoms with van der Waals surface area (Å²) in [6.45, 7) is 4.52. The van der Waals surface area contributed by atoms with Crippen molar-refractivity contribution in [2.75, 3.05) is 0 Å². The Labute approximate surface area is 81.8 Å². The highest BCUT2D eigenvalue weighted by atomic mass is 35.5. The summed E-state index contributed by atoms with van der Waals surface area (Å²) >= 11 is 7.52. The minimum Gasteiger partial charge on any atom is -0.244 e. The first-order valence-corrected chi connectivity index (χ1v) is 5.53. The van der Waals surface area contributed by atoms with Crippen molar-refractivity contribution in [3.8, 4) is 0 Å². The molecule has 1 aromatic heterocycles. The van der Waals surface area contributed by atoms with Gasteiger partial charge in [-0.1, -0.05) is 13.8 Å². The largest absolute Gasteiger partial charge is 0.244 e. The Morgan fingerprint density at radius 2 is 2.33 bits per heavy atom. The van der Waals surface area contributed by atoms with Crippen LogP contribution in [-0.2, 0) is 17.7 Å². The molecule has 66 valence electrons. The van der Waals surface area contributed by atoms with Gasteiger partial charge >= 0.3 is 0 Å². The number of fused-ring (bicyclic) bond motifs is 1. The van der Waals surface area contributed by atoms with Crippen LogP contribution in [0.15, 0.2) is 0 Å². The third kappa shape index (κ3) is 1.17. The van der Waals surface area contributed by atoms with Gasteiger partial charge in [-0.15, -0.1) is 22.9 Å². The van der Waals surface area contributed by atoms with Crippen molar-refractivity contribution < 1.29 is 0 Å². The molecule has 12 heavy (non-hydrogen) atoms. The first kappa shape index (κ1) is 8.52. The van der Waals surface area contributed by atoms with Gasteiger partial charge in [0.05, 0.1) is 11.6 Å². The fraction of sp³-hybridized carbons (Fsp3) is 0.667. The molecule has 1 aliphatic rings. The second-order valence-corrected chi connectivity index (χ2v) is 5.33. The van der Waals surface area contributed by atoms with E-state index in [1.807, 2.05) is 0 Å². The highest BCUT2D eigenvalue weighted by molar-refractivity contribution is 7.12. The molecule has 0 fully saturated rings. The van der Waals surface area contributed by atoms with Gasteiger partial charge in [0.2, 0.25) is 0 Å². The van der Waals surface area contributed by atoms with Crippen molar-refractivity contribution >= 4 is 22.9 Å². The average Bonchev–Trinajstić information content (AvgIpc) is 2.53. The summed E-state index contributed by atoms with van der Waals surface area (Å²) in [5, 5.41) is 1.08. The standard InChI is InChI=1S/C9H12ClNS/c1-9(2)4-3-6-8(9)11-7(5-10)12-6/h3-5H2,1-2H3. The van der Waals surface area contributed by atoms with Crippen molar-refractivity contribution in [2.24, 2.45) is 0 Å². The molecule has 1 aromatic rings. The molecule has 1 heterocycles. The predicted molar refractivity (Wildman–Crippen MR) is 53.0 cm³/mol. The number of thiazole rings is 1. The molecule has 1 aliphatic carbocycles. The molecule has 1 nitrogen and oxygen atoms in total. The summed E-state index contributed by atoms with van der Waals surface area (Å²) in [7, 11) is 0. The van der Waals surface area contributed by atoms with Crippen molar-refractivity contribution in [3.05, 3.63) is 15.6 Å². The minimum absolute atomic E-state index is 0.288. The van der Waals surface area contributed by atoms with Crippen LogP contribution in [0.4, 0.5) is 0 Å². The van der Waals surface area contributed by atoms with Gasteiger partial charge in [0.25, 0.3) is 0 Å². The molecule has 0 spiro atoms. The van der Waals surface area contributed by atoms with Crippen LogP contribution in [0, 0.1) is 0 Å². The molecule has 0 saturated heterocycles. The molecule has 0 amide bonds. The lowest BCUT2D eigenvalue weighted by Crippen LogP contribution is -2.12. The van der Waals surface area contributed by atoms with E-state index in [0.717, 1.165) is 5.01 Å². The van der Waals surface area contributed by atoms with Gasteiger partial charge in [-0.25, -0.2) is 4.98 Å². The van der Waals surface area contributed by atoms with Gasteiger partial charge in [0.1, 0.15) is 5.01 Å². The van der Waals surface area contributed by atoms with Gasteiger partial charge < -0.3 is 0 Å². The maximum Gasteiger partial charge on any atom is 0.108 e. The average molecular weight is 202 g/mol. The fourth-order valence-electron chi connectivity index (χ4n) is 1.70. The van der Waals surface area contributed by atoms with E-state index in [1.54, 1.807) is 11.3 Å². The summed E-state index contributed by atoms with van der Waals surface area (Å²) in [4.78, 5) is 6.00. The molecule has 0 radical (unpaired) electrons. The summed E-state index contributed by atoms with van der Waals surface area (Å²) in [6, 6.07) is 0. The zero-order valence-corrected chi connectivity index (χ0v) is 8.93. The van der Waals surface area contributed by atoms with Crippen molar-refractivity contribution in [3.63, 3.8) is 0 Å². The number of rotatable bonds is 1. The molecule has 0 atom stereocenters. The fourth-order valence-corrected chi connectivity index (χ4v) is 3.02. The van der Waals surface area contributed by atoms with E-state index in [-0.39, 0.29) is 5.41 Å². The number of halogens is 1. The topological polar surface area (TPSA) is 12.9 Å². The maximum atomic E-state index is 5.73. The Kier molecular flexibility index (Phi) is 1.92. The van der Waals surface area contributed by atoms with E-state index in [1.165, 1.54) is 23.4 Å². The summed E-state index contributed by atoms with van der Waals surface area (Å²) < 4.78 is 0. The zero-order chi connectivity index (χ0) is 8.77. The Balaban J connectivity index is 2.44. The van der Waals surface area contributed by atoms with Gasteiger partial charge in [-0.05, 0) is 12.8 Å². The van der Waals surface area contributed by atoms with E-state index in [2.05, 4.69) is 18.8 Å². The zero-order valence-electron chi connectivity index (χ0n) is 7.35. The van der Waals surface area contributed by atoms with Crippen molar-refractivity contribution in [2.45, 2.75) is 38.0 Å². The quantitative estimate of drug-likeness (QED) is 0.637. The van der Waals surface area contributed by atoms with Crippen LogP contribution in [0.5, 0.6) is 0 Å². The maximum absolute atomic E-state index is 5.73. The van der Waals surface area contributed by atoms with Crippen LogP contribution < -0.4 is 0 Å². The predicted octanol–water partition coefficient (Wildman–Crippen LogP) is 3.11. The highest BCUT2D eigenvalue weighted by Gasteiger charge is 2.33. The van der Waals surface area contributed by atoms with Crippen LogP contribution in [0.3, 0.4) is 0 Å². The normalized spacial score (nSPS) is 19.6. The van der Waals surface area contributed by atoms with E-state index in [0.29, 0.717) is 5.88 Å². The third-order valence-corrected chi connectivity index (χ3v) is 4.00. The molecule has 0 aromatic carbocycles. The van der Waals surface area contributed by atoms with Crippen LogP contribution in [-0.4, -0.2) is 4.98 Å². The third-order valence-electron chi connectivity index (χ3n) is 2.47. The lowest BCUT2D eigenvalue weighted by molar-refractivity contribution is 0.509. The Bertz CT molecular complexity index is 303. The van der Waals surface area contributed by atoms with E-state index in [4.69, 9.17) is 11.6 Å². The van der Waals surface area contributed by atoms with Crippen LogP contribution in [0.25, 0.3) is 0 Å². The van der Waals surface area contributed by atoms with Gasteiger partial charge in [0, 0.05) is 10.3 Å². The Morgan fingerprint density at radius 1 is 1.58 bits per heavy atom. The van der Waals surface area contributed by atoms with Crippen LogP contribution >= 0.6 is 22.9 Å². The number of aromatic nitrogens is 1. The molecule has 0 aliphatic heterocycles. The van der Waals surface area contributed by atoms with Crippen molar-refractivity contribution in [1.82, 2.24) is 4.98 Å². The first-order valence-electron chi connectivity index (χ1n) is 4.18. The second kappa shape index (κ2) is 2.71. The second-order valence-electron chi connectivity index (χ2n) is 3.90. The Morgan fingerprint density at radius 3 is 2.92 bits per heavy atom. The summed E-state index contributed by atoms with van der Waals surface area (Å²) in [5.74, 6) is 0.563. The number of hydrogen-bond donors (Lipinski definition) is 0. The smallest absolute Gasteiger partial charge is 0.108 e. The van der Waals surface area contributed by atoms with Gasteiger partial charge in [0.15, 0.2) is 0 Å².